The van der Waals surface area contributed by atoms with Crippen LogP contribution >= 0.6 is 15.9 Å². The summed E-state index contributed by atoms with van der Waals surface area (Å²) in [7, 11) is 0. The Balaban J connectivity index is 2.32. The van der Waals surface area contributed by atoms with Gasteiger partial charge in [0.1, 0.15) is 0 Å². The summed E-state index contributed by atoms with van der Waals surface area (Å²) in [6.45, 7) is 1.97. The van der Waals surface area contributed by atoms with Crippen molar-refractivity contribution >= 4 is 27.4 Å². The fourth-order valence-electron chi connectivity index (χ4n) is 1.24. The predicted molar refractivity (Wildman–Crippen MR) is 58.8 cm³/mol. The van der Waals surface area contributed by atoms with E-state index in [2.05, 4.69) is 26.1 Å². The second-order valence-corrected chi connectivity index (χ2v) is 3.87. The monoisotopic (exact) mass is 236 g/mol. The minimum absolute atomic E-state index is 0.176. The first-order valence-electron chi connectivity index (χ1n) is 4.10. The van der Waals surface area contributed by atoms with E-state index < -0.39 is 0 Å². The van der Waals surface area contributed by atoms with Crippen LogP contribution in [0.25, 0.3) is 0 Å². The lowest BCUT2D eigenvalue weighted by atomic mass is 10.1. The minimum Gasteiger partial charge on any atom is -0.158 e. The standard InChI is InChI=1S/C10H9BrN2/c1-7-9(11)10(13-12-7)8-5-3-2-4-6-8/h2-6,9H,1H3. The molecule has 1 aromatic carbocycles. The van der Waals surface area contributed by atoms with Gasteiger partial charge in [0.15, 0.2) is 0 Å². The van der Waals surface area contributed by atoms with Crippen LogP contribution in [0.4, 0.5) is 0 Å². The summed E-state index contributed by atoms with van der Waals surface area (Å²) < 4.78 is 0. The number of benzene rings is 1. The Hall–Kier alpha value is -0.960. The van der Waals surface area contributed by atoms with Gasteiger partial charge < -0.3 is 0 Å². The molecule has 0 saturated heterocycles. The molecule has 0 saturated carbocycles. The van der Waals surface area contributed by atoms with Gasteiger partial charge in [0.05, 0.1) is 16.3 Å². The number of halogens is 1. The molecule has 0 fully saturated rings. The van der Waals surface area contributed by atoms with Crippen LogP contribution in [-0.4, -0.2) is 16.3 Å². The molecule has 0 aromatic heterocycles. The molecule has 1 aromatic rings. The Labute approximate surface area is 85.5 Å². The van der Waals surface area contributed by atoms with E-state index in [-0.39, 0.29) is 4.83 Å². The van der Waals surface area contributed by atoms with Crippen LogP contribution in [0.15, 0.2) is 40.5 Å². The fraction of sp³-hybridized carbons (Fsp3) is 0.200. The minimum atomic E-state index is 0.176. The molecular weight excluding hydrogens is 228 g/mol. The molecule has 13 heavy (non-hydrogen) atoms. The van der Waals surface area contributed by atoms with Crippen molar-refractivity contribution in [1.29, 1.82) is 0 Å². The summed E-state index contributed by atoms with van der Waals surface area (Å²) in [5.74, 6) is 0. The highest BCUT2D eigenvalue weighted by atomic mass is 79.9. The van der Waals surface area contributed by atoms with Crippen LogP contribution in [0.5, 0.6) is 0 Å². The maximum Gasteiger partial charge on any atom is 0.0989 e. The Morgan fingerprint density at radius 1 is 1.15 bits per heavy atom. The number of nitrogens with zero attached hydrogens (tertiary/aromatic N) is 2. The third-order valence-corrected chi connectivity index (χ3v) is 3.09. The fourth-order valence-corrected chi connectivity index (χ4v) is 1.69. The van der Waals surface area contributed by atoms with Crippen molar-refractivity contribution < 1.29 is 0 Å². The lowest BCUT2D eigenvalue weighted by molar-refractivity contribution is 1.26. The lowest BCUT2D eigenvalue weighted by Gasteiger charge is -2.04. The first-order chi connectivity index (χ1) is 6.29. The van der Waals surface area contributed by atoms with Gasteiger partial charge in [0.2, 0.25) is 0 Å². The molecular formula is C10H9BrN2. The second kappa shape index (κ2) is 3.42. The third-order valence-electron chi connectivity index (χ3n) is 1.99. The zero-order valence-electron chi connectivity index (χ0n) is 7.24. The van der Waals surface area contributed by atoms with E-state index >= 15 is 0 Å². The van der Waals surface area contributed by atoms with Crippen molar-refractivity contribution in [3.8, 4) is 0 Å². The quantitative estimate of drug-likeness (QED) is 0.671. The third kappa shape index (κ3) is 1.56. The van der Waals surface area contributed by atoms with Crippen LogP contribution in [0.2, 0.25) is 0 Å². The van der Waals surface area contributed by atoms with Crippen molar-refractivity contribution in [2.45, 2.75) is 11.8 Å². The highest BCUT2D eigenvalue weighted by Gasteiger charge is 2.21. The van der Waals surface area contributed by atoms with Crippen molar-refractivity contribution in [3.63, 3.8) is 0 Å². The van der Waals surface area contributed by atoms with E-state index in [4.69, 9.17) is 0 Å². The normalized spacial score (nSPS) is 21.2. The number of hydrogen-bond donors (Lipinski definition) is 0. The van der Waals surface area contributed by atoms with Gasteiger partial charge in [-0.3, -0.25) is 0 Å². The van der Waals surface area contributed by atoms with Gasteiger partial charge in [-0.15, -0.1) is 0 Å². The van der Waals surface area contributed by atoms with Crippen LogP contribution in [0, 0.1) is 0 Å². The zero-order valence-corrected chi connectivity index (χ0v) is 8.82. The highest BCUT2D eigenvalue weighted by molar-refractivity contribution is 9.10. The maximum absolute atomic E-state index is 4.13. The first kappa shape index (κ1) is 8.63. The molecule has 2 nitrogen and oxygen atoms in total. The number of alkyl halides is 1. The summed E-state index contributed by atoms with van der Waals surface area (Å²) in [5, 5.41) is 8.16. The van der Waals surface area contributed by atoms with Gasteiger partial charge in [-0.1, -0.05) is 46.3 Å². The summed E-state index contributed by atoms with van der Waals surface area (Å²) in [5.41, 5.74) is 3.14. The van der Waals surface area contributed by atoms with Crippen molar-refractivity contribution in [2.24, 2.45) is 10.2 Å². The van der Waals surface area contributed by atoms with Gasteiger partial charge in [-0.25, -0.2) is 0 Å². The average molecular weight is 237 g/mol. The van der Waals surface area contributed by atoms with E-state index in [1.165, 1.54) is 0 Å². The molecule has 0 aliphatic carbocycles. The van der Waals surface area contributed by atoms with E-state index in [9.17, 15) is 0 Å². The van der Waals surface area contributed by atoms with E-state index in [1.54, 1.807) is 0 Å². The summed E-state index contributed by atoms with van der Waals surface area (Å²) in [6, 6.07) is 10.1. The Kier molecular flexibility index (Phi) is 2.27. The Bertz CT molecular complexity index is 368. The molecule has 1 aliphatic rings. The molecule has 2 rings (SSSR count). The first-order valence-corrected chi connectivity index (χ1v) is 5.02. The Morgan fingerprint density at radius 3 is 2.38 bits per heavy atom. The van der Waals surface area contributed by atoms with Gasteiger partial charge in [-0.05, 0) is 12.5 Å². The molecule has 0 radical (unpaired) electrons. The number of hydrogen-bond acceptors (Lipinski definition) is 2. The smallest absolute Gasteiger partial charge is 0.0989 e. The van der Waals surface area contributed by atoms with Crippen LogP contribution in [0.3, 0.4) is 0 Å². The molecule has 0 bridgehead atoms. The average Bonchev–Trinajstić information content (AvgIpc) is 2.49. The van der Waals surface area contributed by atoms with Crippen LogP contribution in [-0.2, 0) is 0 Å². The lowest BCUT2D eigenvalue weighted by Crippen LogP contribution is -2.18. The molecule has 1 aliphatic heterocycles. The van der Waals surface area contributed by atoms with Crippen LogP contribution in [0.1, 0.15) is 12.5 Å². The van der Waals surface area contributed by atoms with E-state index in [0.717, 1.165) is 17.0 Å². The SMILES string of the molecule is CC1=NN=C(c2ccccc2)C1Br. The van der Waals surface area contributed by atoms with Gasteiger partial charge in [0, 0.05) is 0 Å². The molecule has 0 N–H and O–H groups in total. The molecule has 66 valence electrons. The largest absolute Gasteiger partial charge is 0.158 e. The number of rotatable bonds is 1. The van der Waals surface area contributed by atoms with Gasteiger partial charge >= 0.3 is 0 Å². The topological polar surface area (TPSA) is 24.7 Å². The molecule has 1 atom stereocenters. The summed E-state index contributed by atoms with van der Waals surface area (Å²) in [6.07, 6.45) is 0. The van der Waals surface area contributed by atoms with Crippen molar-refractivity contribution in [2.75, 3.05) is 0 Å². The second-order valence-electron chi connectivity index (χ2n) is 2.96. The molecule has 0 amide bonds. The highest BCUT2D eigenvalue weighted by Crippen LogP contribution is 2.18. The van der Waals surface area contributed by atoms with Crippen molar-refractivity contribution in [3.05, 3.63) is 35.9 Å². The molecule has 3 heteroatoms. The summed E-state index contributed by atoms with van der Waals surface area (Å²) in [4.78, 5) is 0.176. The summed E-state index contributed by atoms with van der Waals surface area (Å²) >= 11 is 3.55. The van der Waals surface area contributed by atoms with E-state index in [1.807, 2.05) is 37.3 Å². The zero-order chi connectivity index (χ0) is 9.26. The molecule has 1 heterocycles. The van der Waals surface area contributed by atoms with Gasteiger partial charge in [0.25, 0.3) is 0 Å². The Morgan fingerprint density at radius 2 is 1.85 bits per heavy atom. The maximum atomic E-state index is 4.13. The molecule has 0 spiro atoms. The van der Waals surface area contributed by atoms with E-state index in [0.29, 0.717) is 0 Å². The molecule has 1 unspecified atom stereocenters. The predicted octanol–water partition coefficient (Wildman–Crippen LogP) is 2.63. The van der Waals surface area contributed by atoms with Crippen LogP contribution < -0.4 is 0 Å². The van der Waals surface area contributed by atoms with Crippen molar-refractivity contribution in [1.82, 2.24) is 0 Å². The van der Waals surface area contributed by atoms with Gasteiger partial charge in [-0.2, -0.15) is 10.2 Å².